The molecule has 1 heterocycles. The quantitative estimate of drug-likeness (QED) is 0.486. The van der Waals surface area contributed by atoms with Crippen LogP contribution in [0.25, 0.3) is 11.1 Å². The predicted octanol–water partition coefficient (Wildman–Crippen LogP) is 3.22. The Morgan fingerprint density at radius 1 is 1.09 bits per heavy atom. The van der Waals surface area contributed by atoms with Crippen LogP contribution in [0.2, 0.25) is 0 Å². The molecule has 1 aromatic heterocycles. The van der Waals surface area contributed by atoms with Crippen molar-refractivity contribution in [3.05, 3.63) is 72.1 Å². The van der Waals surface area contributed by atoms with Crippen LogP contribution in [0.3, 0.4) is 0 Å². The summed E-state index contributed by atoms with van der Waals surface area (Å²) in [5, 5.41) is 17.9. The lowest BCUT2D eigenvalue weighted by molar-refractivity contribution is -0.137. The molecule has 0 aliphatic heterocycles. The maximum absolute atomic E-state index is 12.6. The number of carbonyl (C=O) groups is 3. The van der Waals surface area contributed by atoms with Crippen LogP contribution in [-0.4, -0.2) is 45.5 Å². The van der Waals surface area contributed by atoms with Gasteiger partial charge < -0.3 is 20.5 Å². The smallest absolute Gasteiger partial charge is 0.407 e. The van der Waals surface area contributed by atoms with E-state index in [4.69, 9.17) is 9.84 Å². The minimum absolute atomic E-state index is 0.0721. The molecule has 1 aliphatic rings. The summed E-state index contributed by atoms with van der Waals surface area (Å²) in [6.45, 7) is 1.60. The lowest BCUT2D eigenvalue weighted by Crippen LogP contribution is -2.43. The number of hydrogen-bond acceptors (Lipinski definition) is 5. The number of carbonyl (C=O) groups excluding carboxylic acids is 2. The molecular weight excluding hydrogens is 424 g/mol. The number of nitrogens with zero attached hydrogens (tertiary/aromatic N) is 2. The molecule has 3 N–H and O–H groups in total. The third-order valence-corrected chi connectivity index (χ3v) is 5.56. The highest BCUT2D eigenvalue weighted by molar-refractivity contribution is 5.96. The zero-order chi connectivity index (χ0) is 23.4. The molecule has 3 aromatic rings. The number of fused-ring (bicyclic) bond motifs is 3. The Labute approximate surface area is 190 Å². The maximum Gasteiger partial charge on any atom is 0.407 e. The number of aliphatic carboxylic acids is 1. The SMILES string of the molecule is CC[C@@H](NC(=O)OCC1c2ccccc2-c2ccccc21)C(=O)Nc1cnn(CC(=O)O)c1. The van der Waals surface area contributed by atoms with E-state index in [9.17, 15) is 14.4 Å². The molecule has 1 aliphatic carbocycles. The first-order chi connectivity index (χ1) is 16.0. The van der Waals surface area contributed by atoms with E-state index < -0.39 is 24.0 Å². The Morgan fingerprint density at radius 2 is 1.73 bits per heavy atom. The van der Waals surface area contributed by atoms with E-state index in [-0.39, 0.29) is 19.1 Å². The number of ether oxygens (including phenoxy) is 1. The van der Waals surface area contributed by atoms with Gasteiger partial charge in [0.25, 0.3) is 0 Å². The van der Waals surface area contributed by atoms with Crippen LogP contribution in [-0.2, 0) is 20.9 Å². The first kappa shape index (κ1) is 22.1. The number of amides is 2. The van der Waals surface area contributed by atoms with Gasteiger partial charge in [-0.25, -0.2) is 4.79 Å². The predicted molar refractivity (Wildman–Crippen MR) is 121 cm³/mol. The van der Waals surface area contributed by atoms with E-state index in [1.807, 2.05) is 36.4 Å². The summed E-state index contributed by atoms with van der Waals surface area (Å²) in [4.78, 5) is 35.8. The summed E-state index contributed by atoms with van der Waals surface area (Å²) in [5.74, 6) is -1.56. The van der Waals surface area contributed by atoms with Crippen molar-refractivity contribution in [3.63, 3.8) is 0 Å². The Kier molecular flexibility index (Phi) is 6.39. The van der Waals surface area contributed by atoms with Gasteiger partial charge in [-0.3, -0.25) is 14.3 Å². The molecule has 33 heavy (non-hydrogen) atoms. The van der Waals surface area contributed by atoms with Crippen molar-refractivity contribution in [2.24, 2.45) is 0 Å². The number of benzene rings is 2. The summed E-state index contributed by atoms with van der Waals surface area (Å²) in [5.41, 5.74) is 4.83. The number of anilines is 1. The number of hydrogen-bond donors (Lipinski definition) is 3. The maximum atomic E-state index is 12.6. The number of carboxylic acid groups (broad SMARTS) is 1. The highest BCUT2D eigenvalue weighted by Gasteiger charge is 2.29. The average Bonchev–Trinajstić information content (AvgIpc) is 3.37. The summed E-state index contributed by atoms with van der Waals surface area (Å²) in [6.07, 6.45) is 2.42. The van der Waals surface area contributed by atoms with Gasteiger partial charge in [0, 0.05) is 12.1 Å². The third kappa shape index (κ3) is 4.87. The largest absolute Gasteiger partial charge is 0.480 e. The first-order valence-electron chi connectivity index (χ1n) is 10.6. The number of alkyl carbamates (subject to hydrolysis) is 1. The van der Waals surface area contributed by atoms with Gasteiger partial charge >= 0.3 is 12.1 Å². The minimum Gasteiger partial charge on any atom is -0.480 e. The molecule has 2 aromatic carbocycles. The molecule has 0 radical (unpaired) electrons. The molecule has 170 valence electrons. The highest BCUT2D eigenvalue weighted by atomic mass is 16.5. The summed E-state index contributed by atoms with van der Waals surface area (Å²) >= 11 is 0. The van der Waals surface area contributed by atoms with E-state index in [1.165, 1.54) is 17.1 Å². The number of nitrogens with one attached hydrogen (secondary N) is 2. The average molecular weight is 448 g/mol. The van der Waals surface area contributed by atoms with Gasteiger partial charge in [0.1, 0.15) is 19.2 Å². The lowest BCUT2D eigenvalue weighted by atomic mass is 9.98. The van der Waals surface area contributed by atoms with E-state index >= 15 is 0 Å². The molecule has 9 heteroatoms. The second-order valence-electron chi connectivity index (χ2n) is 7.74. The molecule has 9 nitrogen and oxygen atoms in total. The second-order valence-corrected chi connectivity index (χ2v) is 7.74. The van der Waals surface area contributed by atoms with E-state index in [0.29, 0.717) is 12.1 Å². The zero-order valence-electron chi connectivity index (χ0n) is 18.0. The van der Waals surface area contributed by atoms with Gasteiger partial charge in [-0.15, -0.1) is 0 Å². The Hall–Kier alpha value is -4.14. The van der Waals surface area contributed by atoms with Crippen molar-refractivity contribution >= 4 is 23.7 Å². The van der Waals surface area contributed by atoms with Crippen LogP contribution >= 0.6 is 0 Å². The standard InChI is InChI=1S/C24H24N4O5/c1-2-21(23(31)26-15-11-25-28(12-15)13-22(29)30)27-24(32)33-14-20-18-9-5-3-7-16(18)17-8-4-6-10-19(17)20/h3-12,20-21H,2,13-14H2,1H3,(H,26,31)(H,27,32)(H,29,30)/t21-/m1/s1. The number of rotatable bonds is 8. The molecule has 0 saturated carbocycles. The van der Waals surface area contributed by atoms with Crippen molar-refractivity contribution in [1.29, 1.82) is 0 Å². The monoisotopic (exact) mass is 448 g/mol. The van der Waals surface area contributed by atoms with Gasteiger partial charge in [0.05, 0.1) is 11.9 Å². The normalized spacial score (nSPS) is 13.0. The Bertz CT molecular complexity index is 1140. The molecule has 0 saturated heterocycles. The number of aromatic nitrogens is 2. The summed E-state index contributed by atoms with van der Waals surface area (Å²) < 4.78 is 6.70. The third-order valence-electron chi connectivity index (χ3n) is 5.56. The van der Waals surface area contributed by atoms with Crippen LogP contribution in [0.1, 0.15) is 30.4 Å². The van der Waals surface area contributed by atoms with Gasteiger partial charge in [0.15, 0.2) is 0 Å². The van der Waals surface area contributed by atoms with E-state index in [0.717, 1.165) is 22.3 Å². The Balaban J connectivity index is 1.35. The zero-order valence-corrected chi connectivity index (χ0v) is 18.0. The van der Waals surface area contributed by atoms with Crippen LogP contribution in [0.5, 0.6) is 0 Å². The number of carboxylic acids is 1. The van der Waals surface area contributed by atoms with Gasteiger partial charge in [-0.2, -0.15) is 5.10 Å². The summed E-state index contributed by atoms with van der Waals surface area (Å²) in [7, 11) is 0. The van der Waals surface area contributed by atoms with Crippen molar-refractivity contribution in [2.75, 3.05) is 11.9 Å². The van der Waals surface area contributed by atoms with Crippen molar-refractivity contribution in [1.82, 2.24) is 15.1 Å². The molecule has 0 unspecified atom stereocenters. The summed E-state index contributed by atoms with van der Waals surface area (Å²) in [6, 6.07) is 15.3. The molecule has 0 bridgehead atoms. The molecule has 0 spiro atoms. The fraction of sp³-hybridized carbons (Fsp3) is 0.250. The van der Waals surface area contributed by atoms with E-state index in [2.05, 4.69) is 27.9 Å². The van der Waals surface area contributed by atoms with Crippen LogP contribution in [0.15, 0.2) is 60.9 Å². The van der Waals surface area contributed by atoms with Crippen LogP contribution in [0, 0.1) is 0 Å². The second kappa shape index (κ2) is 9.56. The topological polar surface area (TPSA) is 123 Å². The van der Waals surface area contributed by atoms with Gasteiger partial charge in [0.2, 0.25) is 5.91 Å². The minimum atomic E-state index is -1.04. The van der Waals surface area contributed by atoms with Crippen LogP contribution < -0.4 is 10.6 Å². The van der Waals surface area contributed by atoms with Crippen LogP contribution in [0.4, 0.5) is 10.5 Å². The fourth-order valence-corrected chi connectivity index (χ4v) is 4.02. The fourth-order valence-electron chi connectivity index (χ4n) is 4.02. The van der Waals surface area contributed by atoms with Gasteiger partial charge in [-0.05, 0) is 28.7 Å². The first-order valence-corrected chi connectivity index (χ1v) is 10.6. The van der Waals surface area contributed by atoms with E-state index in [1.54, 1.807) is 6.92 Å². The van der Waals surface area contributed by atoms with Crippen molar-refractivity contribution in [2.45, 2.75) is 31.8 Å². The lowest BCUT2D eigenvalue weighted by Gasteiger charge is -2.18. The molecule has 1 atom stereocenters. The van der Waals surface area contributed by atoms with Crippen molar-refractivity contribution < 1.29 is 24.2 Å². The van der Waals surface area contributed by atoms with Crippen molar-refractivity contribution in [3.8, 4) is 11.1 Å². The molecular formula is C24H24N4O5. The Morgan fingerprint density at radius 3 is 2.33 bits per heavy atom. The highest BCUT2D eigenvalue weighted by Crippen LogP contribution is 2.44. The molecule has 4 rings (SSSR count). The molecule has 2 amide bonds. The van der Waals surface area contributed by atoms with Gasteiger partial charge in [-0.1, -0.05) is 55.5 Å². The molecule has 0 fully saturated rings.